The van der Waals surface area contributed by atoms with Crippen LogP contribution in [0.25, 0.3) is 0 Å². The van der Waals surface area contributed by atoms with Crippen molar-refractivity contribution in [2.24, 2.45) is 0 Å². The molecule has 2 aromatic rings. The van der Waals surface area contributed by atoms with Crippen LogP contribution in [0.5, 0.6) is 0 Å². The SMILES string of the molecule is CCCc1ccc(C(=O)Cn2cc(Br)cc(Br)c2=O)cc1. The molecule has 5 heteroatoms. The van der Waals surface area contributed by atoms with Crippen LogP contribution in [0.2, 0.25) is 0 Å². The summed E-state index contributed by atoms with van der Waals surface area (Å²) in [5.41, 5.74) is 1.63. The van der Waals surface area contributed by atoms with Crippen LogP contribution in [0.15, 0.2) is 50.3 Å². The van der Waals surface area contributed by atoms with Gasteiger partial charge in [0.25, 0.3) is 5.56 Å². The Hall–Kier alpha value is -1.20. The number of pyridine rings is 1. The molecule has 0 N–H and O–H groups in total. The molecule has 3 nitrogen and oxygen atoms in total. The van der Waals surface area contributed by atoms with Crippen molar-refractivity contribution in [1.82, 2.24) is 4.57 Å². The zero-order valence-electron chi connectivity index (χ0n) is 11.6. The number of aryl methyl sites for hydroxylation is 1. The molecule has 0 bridgehead atoms. The fourth-order valence-electron chi connectivity index (χ4n) is 2.07. The summed E-state index contributed by atoms with van der Waals surface area (Å²) in [5, 5.41) is 0. The van der Waals surface area contributed by atoms with Crippen LogP contribution in [0.4, 0.5) is 0 Å². The van der Waals surface area contributed by atoms with E-state index in [0.29, 0.717) is 10.0 Å². The molecular formula is C16H15Br2NO2. The molecule has 0 unspecified atom stereocenters. The van der Waals surface area contributed by atoms with Gasteiger partial charge in [-0.2, -0.15) is 0 Å². The molecule has 0 radical (unpaired) electrons. The summed E-state index contributed by atoms with van der Waals surface area (Å²) in [4.78, 5) is 24.2. The Morgan fingerprint density at radius 1 is 1.19 bits per heavy atom. The number of carbonyl (C=O) groups excluding carboxylic acids is 1. The van der Waals surface area contributed by atoms with Crippen molar-refractivity contribution in [3.8, 4) is 0 Å². The fraction of sp³-hybridized carbons (Fsp3) is 0.250. The third-order valence-electron chi connectivity index (χ3n) is 3.14. The predicted molar refractivity (Wildman–Crippen MR) is 90.9 cm³/mol. The summed E-state index contributed by atoms with van der Waals surface area (Å²) < 4.78 is 2.58. The number of nitrogens with zero attached hydrogens (tertiary/aromatic N) is 1. The molecule has 0 atom stereocenters. The highest BCUT2D eigenvalue weighted by Gasteiger charge is 2.10. The number of hydrogen-bond acceptors (Lipinski definition) is 2. The summed E-state index contributed by atoms with van der Waals surface area (Å²) in [6.07, 6.45) is 3.71. The van der Waals surface area contributed by atoms with Crippen LogP contribution < -0.4 is 5.56 Å². The molecule has 0 aliphatic carbocycles. The molecular weight excluding hydrogens is 398 g/mol. The zero-order valence-corrected chi connectivity index (χ0v) is 14.8. The second kappa shape index (κ2) is 7.18. The van der Waals surface area contributed by atoms with E-state index in [1.54, 1.807) is 12.3 Å². The second-order valence-corrected chi connectivity index (χ2v) is 6.58. The number of hydrogen-bond donors (Lipinski definition) is 0. The van der Waals surface area contributed by atoms with Gasteiger partial charge in [-0.05, 0) is 49.9 Å². The van der Waals surface area contributed by atoms with E-state index < -0.39 is 0 Å². The molecule has 0 fully saturated rings. The molecule has 1 heterocycles. The van der Waals surface area contributed by atoms with E-state index in [9.17, 15) is 9.59 Å². The highest BCUT2D eigenvalue weighted by Crippen LogP contribution is 2.14. The third-order valence-corrected chi connectivity index (χ3v) is 4.14. The summed E-state index contributed by atoms with van der Waals surface area (Å²) in [6, 6.07) is 9.26. The maximum absolute atomic E-state index is 12.3. The van der Waals surface area contributed by atoms with Gasteiger partial charge in [-0.3, -0.25) is 9.59 Å². The third kappa shape index (κ3) is 4.14. The molecule has 0 saturated heterocycles. The average Bonchev–Trinajstić information content (AvgIpc) is 2.45. The van der Waals surface area contributed by atoms with E-state index in [-0.39, 0.29) is 17.9 Å². The van der Waals surface area contributed by atoms with Crippen molar-refractivity contribution in [3.63, 3.8) is 0 Å². The Morgan fingerprint density at radius 2 is 1.86 bits per heavy atom. The van der Waals surface area contributed by atoms with Crippen LogP contribution in [0.1, 0.15) is 29.3 Å². The van der Waals surface area contributed by atoms with Gasteiger partial charge >= 0.3 is 0 Å². The molecule has 0 saturated carbocycles. The van der Waals surface area contributed by atoms with Crippen molar-refractivity contribution in [2.45, 2.75) is 26.3 Å². The number of benzene rings is 1. The first-order chi connectivity index (χ1) is 10.0. The Balaban J connectivity index is 2.20. The minimum Gasteiger partial charge on any atom is -0.306 e. The number of aromatic nitrogens is 1. The summed E-state index contributed by atoms with van der Waals surface area (Å²) in [7, 11) is 0. The first-order valence-corrected chi connectivity index (χ1v) is 8.27. The lowest BCUT2D eigenvalue weighted by atomic mass is 10.1. The maximum atomic E-state index is 12.3. The van der Waals surface area contributed by atoms with E-state index in [1.807, 2.05) is 24.3 Å². The second-order valence-electron chi connectivity index (χ2n) is 4.81. The molecule has 21 heavy (non-hydrogen) atoms. The predicted octanol–water partition coefficient (Wildman–Crippen LogP) is 4.21. The fourth-order valence-corrected chi connectivity index (χ4v) is 3.33. The standard InChI is InChI=1S/C16H15Br2NO2/c1-2-3-11-4-6-12(7-5-11)15(20)10-19-9-13(17)8-14(18)16(19)21/h4-9H,2-3,10H2,1H3. The topological polar surface area (TPSA) is 39.1 Å². The molecule has 0 spiro atoms. The average molecular weight is 413 g/mol. The monoisotopic (exact) mass is 411 g/mol. The van der Waals surface area contributed by atoms with Gasteiger partial charge in [0.2, 0.25) is 0 Å². The molecule has 0 aliphatic rings. The van der Waals surface area contributed by atoms with E-state index in [0.717, 1.165) is 17.3 Å². The largest absolute Gasteiger partial charge is 0.306 e. The van der Waals surface area contributed by atoms with Crippen molar-refractivity contribution in [1.29, 1.82) is 0 Å². The van der Waals surface area contributed by atoms with Gasteiger partial charge in [0.05, 0.1) is 11.0 Å². The number of halogens is 2. The van der Waals surface area contributed by atoms with E-state index in [1.165, 1.54) is 10.1 Å². The lowest BCUT2D eigenvalue weighted by molar-refractivity contribution is 0.0970. The van der Waals surface area contributed by atoms with E-state index in [2.05, 4.69) is 38.8 Å². The Morgan fingerprint density at radius 3 is 2.48 bits per heavy atom. The van der Waals surface area contributed by atoms with Crippen LogP contribution in [0, 0.1) is 0 Å². The van der Waals surface area contributed by atoms with Gasteiger partial charge in [-0.25, -0.2) is 0 Å². The molecule has 2 rings (SSSR count). The molecule has 1 aromatic heterocycles. The molecule has 0 amide bonds. The van der Waals surface area contributed by atoms with Crippen LogP contribution in [-0.2, 0) is 13.0 Å². The van der Waals surface area contributed by atoms with Crippen molar-refractivity contribution in [3.05, 3.63) is 67.0 Å². The summed E-state index contributed by atoms with van der Waals surface area (Å²) >= 11 is 6.51. The summed E-state index contributed by atoms with van der Waals surface area (Å²) in [6.45, 7) is 2.15. The Bertz CT molecular complexity index is 705. The molecule has 1 aromatic carbocycles. The Kier molecular flexibility index (Phi) is 5.53. The molecule has 0 aliphatic heterocycles. The van der Waals surface area contributed by atoms with E-state index in [4.69, 9.17) is 0 Å². The minimum absolute atomic E-state index is 0.0317. The first-order valence-electron chi connectivity index (χ1n) is 6.69. The van der Waals surface area contributed by atoms with Crippen LogP contribution in [-0.4, -0.2) is 10.4 Å². The number of Topliss-reactive ketones (excluding diaryl/α,β-unsaturated/α-hetero) is 1. The van der Waals surface area contributed by atoms with Gasteiger partial charge in [-0.15, -0.1) is 0 Å². The zero-order chi connectivity index (χ0) is 15.4. The smallest absolute Gasteiger partial charge is 0.265 e. The van der Waals surface area contributed by atoms with Crippen LogP contribution >= 0.6 is 31.9 Å². The quantitative estimate of drug-likeness (QED) is 0.690. The lowest BCUT2D eigenvalue weighted by Crippen LogP contribution is -2.24. The van der Waals surface area contributed by atoms with Gasteiger partial charge in [0.1, 0.15) is 0 Å². The number of carbonyl (C=O) groups is 1. The minimum atomic E-state index is -0.214. The first kappa shape index (κ1) is 16.2. The van der Waals surface area contributed by atoms with Crippen molar-refractivity contribution < 1.29 is 4.79 Å². The normalized spacial score (nSPS) is 10.6. The van der Waals surface area contributed by atoms with Crippen LogP contribution in [0.3, 0.4) is 0 Å². The van der Waals surface area contributed by atoms with Gasteiger partial charge in [0.15, 0.2) is 5.78 Å². The van der Waals surface area contributed by atoms with Crippen molar-refractivity contribution in [2.75, 3.05) is 0 Å². The van der Waals surface area contributed by atoms with Gasteiger partial charge in [-0.1, -0.05) is 37.6 Å². The molecule has 110 valence electrons. The summed E-state index contributed by atoms with van der Waals surface area (Å²) in [5.74, 6) is -0.0786. The van der Waals surface area contributed by atoms with Gasteiger partial charge < -0.3 is 4.57 Å². The van der Waals surface area contributed by atoms with E-state index >= 15 is 0 Å². The highest BCUT2D eigenvalue weighted by atomic mass is 79.9. The highest BCUT2D eigenvalue weighted by molar-refractivity contribution is 9.11. The number of ketones is 1. The Labute approximate surface area is 140 Å². The number of rotatable bonds is 5. The lowest BCUT2D eigenvalue weighted by Gasteiger charge is -2.07. The van der Waals surface area contributed by atoms with Gasteiger partial charge in [0, 0.05) is 16.2 Å². The van der Waals surface area contributed by atoms with Crippen molar-refractivity contribution >= 4 is 37.6 Å². The maximum Gasteiger partial charge on any atom is 0.265 e.